The summed E-state index contributed by atoms with van der Waals surface area (Å²) in [5, 5.41) is 3.48. The van der Waals surface area contributed by atoms with Gasteiger partial charge in [-0.15, -0.1) is 0 Å². The number of carbonyl (C=O) groups excluding carboxylic acids is 3. The molecule has 0 saturated heterocycles. The van der Waals surface area contributed by atoms with Gasteiger partial charge in [-0.1, -0.05) is 18.2 Å². The number of methoxy groups -OCH3 is 1. The van der Waals surface area contributed by atoms with Gasteiger partial charge < -0.3 is 14.5 Å². The van der Waals surface area contributed by atoms with Gasteiger partial charge in [0, 0.05) is 11.1 Å². The van der Waals surface area contributed by atoms with Crippen molar-refractivity contribution in [2.24, 2.45) is 0 Å². The molecule has 1 aliphatic heterocycles. The molecule has 158 valence electrons. The van der Waals surface area contributed by atoms with Crippen LogP contribution in [0, 0.1) is 6.92 Å². The first-order valence-electron chi connectivity index (χ1n) is 9.94. The second-order valence-corrected chi connectivity index (χ2v) is 7.39. The number of nitrogens with one attached hydrogen (secondary N) is 1. The fourth-order valence-corrected chi connectivity index (χ4v) is 3.95. The molecule has 7 heteroatoms. The topological polar surface area (TPSA) is 88.8 Å². The third-order valence-electron chi connectivity index (χ3n) is 5.45. The summed E-state index contributed by atoms with van der Waals surface area (Å²) in [6.07, 6.45) is 0. The summed E-state index contributed by atoms with van der Waals surface area (Å²) in [4.78, 5) is 39.8. The summed E-state index contributed by atoms with van der Waals surface area (Å²) in [7, 11) is 1.55. The van der Waals surface area contributed by atoms with Crippen molar-refractivity contribution in [2.45, 2.75) is 6.92 Å². The Morgan fingerprint density at radius 1 is 0.938 bits per heavy atom. The van der Waals surface area contributed by atoms with Crippen molar-refractivity contribution in [1.82, 2.24) is 0 Å². The number of benzene rings is 3. The molecule has 0 aliphatic carbocycles. The smallest absolute Gasteiger partial charge is 0.266 e. The monoisotopic (exact) mass is 426 g/mol. The zero-order valence-corrected chi connectivity index (χ0v) is 17.3. The van der Waals surface area contributed by atoms with Crippen molar-refractivity contribution >= 4 is 40.1 Å². The number of rotatable bonds is 4. The minimum atomic E-state index is -0.391. The molecule has 1 N–H and O–H groups in total. The first kappa shape index (κ1) is 19.6. The van der Waals surface area contributed by atoms with Crippen molar-refractivity contribution in [3.63, 3.8) is 0 Å². The number of ether oxygens (including phenoxy) is 1. The number of amides is 3. The second-order valence-electron chi connectivity index (χ2n) is 7.39. The van der Waals surface area contributed by atoms with Crippen molar-refractivity contribution in [3.8, 4) is 5.75 Å². The first-order valence-corrected chi connectivity index (χ1v) is 9.94. The fraction of sp³-hybridized carbons (Fsp3) is 0.0800. The van der Waals surface area contributed by atoms with Gasteiger partial charge in [0.25, 0.3) is 17.7 Å². The third kappa shape index (κ3) is 3.02. The Labute approximate surface area is 183 Å². The number of imide groups is 1. The molecule has 0 saturated carbocycles. The van der Waals surface area contributed by atoms with Gasteiger partial charge in [-0.05, 0) is 55.5 Å². The standard InChI is InChI=1S/C25H18N2O5/c1-14-22(20-13-17(31-2)10-11-21(20)32-14)23(28)26-15-6-5-7-16(12-15)27-24(29)18-8-3-4-9-19(18)25(27)30/h3-13H,1-2H3,(H,26,28). The van der Waals surface area contributed by atoms with Crippen LogP contribution in [0.15, 0.2) is 71.1 Å². The molecule has 3 amide bonds. The fourth-order valence-electron chi connectivity index (χ4n) is 3.95. The molecule has 4 aromatic rings. The van der Waals surface area contributed by atoms with Crippen molar-refractivity contribution in [2.75, 3.05) is 17.3 Å². The van der Waals surface area contributed by atoms with Gasteiger partial charge >= 0.3 is 0 Å². The van der Waals surface area contributed by atoms with E-state index in [4.69, 9.17) is 9.15 Å². The molecule has 0 unspecified atom stereocenters. The minimum Gasteiger partial charge on any atom is -0.497 e. The summed E-state index contributed by atoms with van der Waals surface area (Å²) in [5.41, 5.74) is 2.52. The number of carbonyl (C=O) groups is 3. The highest BCUT2D eigenvalue weighted by atomic mass is 16.5. The van der Waals surface area contributed by atoms with E-state index in [1.54, 1.807) is 80.8 Å². The van der Waals surface area contributed by atoms with Crippen LogP contribution in [-0.4, -0.2) is 24.8 Å². The van der Waals surface area contributed by atoms with Gasteiger partial charge in [0.15, 0.2) is 0 Å². The summed E-state index contributed by atoms with van der Waals surface area (Å²) in [5.74, 6) is -0.0630. The zero-order chi connectivity index (χ0) is 22.4. The summed E-state index contributed by atoms with van der Waals surface area (Å²) in [6, 6.07) is 18.6. The van der Waals surface area contributed by atoms with E-state index < -0.39 is 11.8 Å². The number of furan rings is 1. The Morgan fingerprint density at radius 3 is 2.34 bits per heavy atom. The highest BCUT2D eigenvalue weighted by Crippen LogP contribution is 2.32. The average molecular weight is 426 g/mol. The Kier molecular flexibility index (Phi) is 4.52. The number of anilines is 2. The molecule has 7 nitrogen and oxygen atoms in total. The number of hydrogen-bond acceptors (Lipinski definition) is 5. The van der Waals surface area contributed by atoms with Crippen LogP contribution in [-0.2, 0) is 0 Å². The largest absolute Gasteiger partial charge is 0.497 e. The second kappa shape index (κ2) is 7.39. The van der Waals surface area contributed by atoms with E-state index in [0.29, 0.717) is 50.5 Å². The van der Waals surface area contributed by atoms with Crippen LogP contribution in [0.2, 0.25) is 0 Å². The molecule has 32 heavy (non-hydrogen) atoms. The van der Waals surface area contributed by atoms with E-state index in [1.165, 1.54) is 0 Å². The predicted octanol–water partition coefficient (Wildman–Crippen LogP) is 4.80. The lowest BCUT2D eigenvalue weighted by Gasteiger charge is -2.15. The summed E-state index contributed by atoms with van der Waals surface area (Å²) < 4.78 is 11.0. The van der Waals surface area contributed by atoms with Crippen LogP contribution in [0.1, 0.15) is 36.8 Å². The van der Waals surface area contributed by atoms with Gasteiger partial charge in [-0.2, -0.15) is 0 Å². The molecular weight excluding hydrogens is 408 g/mol. The van der Waals surface area contributed by atoms with Gasteiger partial charge in [-0.3, -0.25) is 14.4 Å². The lowest BCUT2D eigenvalue weighted by Crippen LogP contribution is -2.29. The zero-order valence-electron chi connectivity index (χ0n) is 17.3. The number of nitrogens with zero attached hydrogens (tertiary/aromatic N) is 1. The van der Waals surface area contributed by atoms with Crippen LogP contribution >= 0.6 is 0 Å². The molecule has 0 atom stereocenters. The molecule has 3 aromatic carbocycles. The molecule has 0 radical (unpaired) electrons. The molecular formula is C25H18N2O5. The van der Waals surface area contributed by atoms with Gasteiger partial charge in [0.05, 0.1) is 29.5 Å². The Hall–Kier alpha value is -4.39. The van der Waals surface area contributed by atoms with E-state index in [-0.39, 0.29) is 5.91 Å². The molecule has 0 spiro atoms. The lowest BCUT2D eigenvalue weighted by molar-refractivity contribution is 0.0925. The van der Waals surface area contributed by atoms with Crippen molar-refractivity contribution in [3.05, 3.63) is 89.2 Å². The first-order chi connectivity index (χ1) is 15.5. The molecule has 0 bridgehead atoms. The molecule has 1 aliphatic rings. The van der Waals surface area contributed by atoms with Gasteiger partial charge in [0.1, 0.15) is 17.1 Å². The van der Waals surface area contributed by atoms with Crippen LogP contribution < -0.4 is 15.0 Å². The molecule has 0 fully saturated rings. The maximum atomic E-state index is 13.1. The normalized spacial score (nSPS) is 12.9. The van der Waals surface area contributed by atoms with E-state index in [9.17, 15) is 14.4 Å². The number of fused-ring (bicyclic) bond motifs is 2. The molecule has 2 heterocycles. The summed E-state index contributed by atoms with van der Waals surface area (Å²) in [6.45, 7) is 1.72. The minimum absolute atomic E-state index is 0.362. The Morgan fingerprint density at radius 2 is 1.66 bits per heavy atom. The predicted molar refractivity (Wildman–Crippen MR) is 119 cm³/mol. The van der Waals surface area contributed by atoms with Gasteiger partial charge in [-0.25, -0.2) is 4.90 Å². The van der Waals surface area contributed by atoms with E-state index >= 15 is 0 Å². The van der Waals surface area contributed by atoms with E-state index in [0.717, 1.165) is 4.90 Å². The van der Waals surface area contributed by atoms with Crippen molar-refractivity contribution < 1.29 is 23.5 Å². The highest BCUT2D eigenvalue weighted by molar-refractivity contribution is 6.34. The Balaban J connectivity index is 1.46. The Bertz CT molecular complexity index is 1380. The van der Waals surface area contributed by atoms with E-state index in [1.807, 2.05) is 0 Å². The maximum absolute atomic E-state index is 13.1. The van der Waals surface area contributed by atoms with Crippen LogP contribution in [0.4, 0.5) is 11.4 Å². The number of hydrogen-bond donors (Lipinski definition) is 1. The third-order valence-corrected chi connectivity index (χ3v) is 5.45. The average Bonchev–Trinajstić information content (AvgIpc) is 3.26. The molecule has 5 rings (SSSR count). The molecule has 1 aromatic heterocycles. The maximum Gasteiger partial charge on any atom is 0.266 e. The van der Waals surface area contributed by atoms with Crippen LogP contribution in [0.5, 0.6) is 5.75 Å². The van der Waals surface area contributed by atoms with Crippen molar-refractivity contribution in [1.29, 1.82) is 0 Å². The lowest BCUT2D eigenvalue weighted by atomic mass is 10.1. The van der Waals surface area contributed by atoms with Crippen LogP contribution in [0.25, 0.3) is 11.0 Å². The quantitative estimate of drug-likeness (QED) is 0.474. The van der Waals surface area contributed by atoms with Crippen LogP contribution in [0.3, 0.4) is 0 Å². The van der Waals surface area contributed by atoms with E-state index in [2.05, 4.69) is 5.32 Å². The number of aryl methyl sites for hydroxylation is 1. The summed E-state index contributed by atoms with van der Waals surface area (Å²) >= 11 is 0. The SMILES string of the molecule is COc1ccc2oc(C)c(C(=O)Nc3cccc(N4C(=O)c5ccccc5C4=O)c3)c2c1. The van der Waals surface area contributed by atoms with Gasteiger partial charge in [0.2, 0.25) is 0 Å². The highest BCUT2D eigenvalue weighted by Gasteiger charge is 2.36.